The molecule has 0 rings (SSSR count). The molecule has 0 saturated carbocycles. The maximum atomic E-state index is 11.3. The fourth-order valence-electron chi connectivity index (χ4n) is 0.0497. The standard InChI is InChI=1S/FH2NO4S2.Li.H/c1-2(7(3)4)8(5)6;;/h(H,3,4)(H,5,6);;/q;+1;-1/p-2. The maximum Gasteiger partial charge on any atom is 1.00 e. The van der Waals surface area contributed by atoms with E-state index in [1.165, 1.54) is 0 Å². The second-order valence-corrected chi connectivity index (χ2v) is 2.39. The average Bonchev–Trinajstić information content (AvgIpc) is 1.64. The Balaban J connectivity index is -0.000000245. The summed E-state index contributed by atoms with van der Waals surface area (Å²) in [4.78, 5) is 0. The van der Waals surface area contributed by atoms with Gasteiger partial charge in [0, 0.05) is 3.93 Å². The van der Waals surface area contributed by atoms with Gasteiger partial charge in [-0.2, -0.15) is 0 Å². The predicted octanol–water partition coefficient (Wildman–Crippen LogP) is -4.12. The molecule has 5 nitrogen and oxygen atoms in total. The molecule has 0 aromatic carbocycles. The van der Waals surface area contributed by atoms with E-state index in [0.29, 0.717) is 0 Å². The topological polar surface area (TPSA) is 83.5 Å². The first kappa shape index (κ1) is 12.4. The SMILES string of the molecule is O=S([O-])N(F)S(=O)[O-].[H-].[Li+]. The van der Waals surface area contributed by atoms with E-state index in [4.69, 9.17) is 0 Å². The van der Waals surface area contributed by atoms with Gasteiger partial charge in [-0.3, -0.25) is 8.42 Å². The fourth-order valence-corrected chi connectivity index (χ4v) is 0.447. The van der Waals surface area contributed by atoms with Gasteiger partial charge in [0.05, 0.1) is 22.5 Å². The largest absolute Gasteiger partial charge is 1.00 e. The Kier molecular flexibility index (Phi) is 7.56. The van der Waals surface area contributed by atoms with Crippen LogP contribution in [-0.2, 0) is 22.5 Å². The third-order valence-corrected chi connectivity index (χ3v) is 1.43. The normalized spacial score (nSPS) is 16.4. The van der Waals surface area contributed by atoms with E-state index < -0.39 is 26.5 Å². The zero-order valence-corrected chi connectivity index (χ0v) is 5.91. The minimum absolute atomic E-state index is 0. The molecular formula is HFLiNO4S2-2. The van der Waals surface area contributed by atoms with Gasteiger partial charge in [0.2, 0.25) is 0 Å². The second-order valence-electron chi connectivity index (χ2n) is 0.647. The Labute approximate surface area is 69.0 Å². The van der Waals surface area contributed by atoms with Crippen LogP contribution in [0, 0.1) is 0 Å². The van der Waals surface area contributed by atoms with Crippen LogP contribution in [0.15, 0.2) is 0 Å². The molecule has 2 unspecified atom stereocenters. The Bertz CT molecular complexity index is 118. The van der Waals surface area contributed by atoms with Crippen molar-refractivity contribution in [3.05, 3.63) is 0 Å². The summed E-state index contributed by atoms with van der Waals surface area (Å²) in [5.74, 6) is 0. The Morgan fingerprint density at radius 3 is 1.56 bits per heavy atom. The molecule has 0 amide bonds. The van der Waals surface area contributed by atoms with E-state index in [9.17, 15) is 22.0 Å². The van der Waals surface area contributed by atoms with Crippen molar-refractivity contribution >= 4 is 22.5 Å². The molecule has 0 spiro atoms. The van der Waals surface area contributed by atoms with Crippen molar-refractivity contribution in [1.82, 2.24) is 3.93 Å². The Morgan fingerprint density at radius 2 is 1.56 bits per heavy atom. The van der Waals surface area contributed by atoms with Crippen LogP contribution < -0.4 is 18.9 Å². The van der Waals surface area contributed by atoms with E-state index in [0.717, 1.165) is 0 Å². The van der Waals surface area contributed by atoms with Gasteiger partial charge in [-0.05, 0) is 0 Å². The summed E-state index contributed by atoms with van der Waals surface area (Å²) in [6.07, 6.45) is 0. The van der Waals surface area contributed by atoms with Crippen LogP contribution >= 0.6 is 0 Å². The Hall–Kier alpha value is 0.707. The van der Waals surface area contributed by atoms with E-state index in [1.807, 2.05) is 0 Å². The van der Waals surface area contributed by atoms with Crippen molar-refractivity contribution in [3.8, 4) is 0 Å². The van der Waals surface area contributed by atoms with Crippen LogP contribution in [0.5, 0.6) is 0 Å². The molecule has 9 heavy (non-hydrogen) atoms. The minimum atomic E-state index is -3.34. The molecule has 0 N–H and O–H groups in total. The fraction of sp³-hybridized carbons (Fsp3) is 0. The number of nitrogens with zero attached hydrogens (tertiary/aromatic N) is 1. The van der Waals surface area contributed by atoms with Crippen LogP contribution in [0.2, 0.25) is 0 Å². The van der Waals surface area contributed by atoms with E-state index >= 15 is 0 Å². The van der Waals surface area contributed by atoms with E-state index in [2.05, 4.69) is 0 Å². The molecule has 0 saturated heterocycles. The van der Waals surface area contributed by atoms with Gasteiger partial charge >= 0.3 is 18.9 Å². The van der Waals surface area contributed by atoms with Crippen LogP contribution in [0.25, 0.3) is 0 Å². The third kappa shape index (κ3) is 5.17. The third-order valence-electron chi connectivity index (χ3n) is 0.234. The van der Waals surface area contributed by atoms with Gasteiger partial charge in [-0.25, -0.2) is 0 Å². The van der Waals surface area contributed by atoms with Crippen LogP contribution in [0.4, 0.5) is 4.48 Å². The summed E-state index contributed by atoms with van der Waals surface area (Å²) >= 11 is -6.67. The number of hydrogen-bond donors (Lipinski definition) is 0. The van der Waals surface area contributed by atoms with Gasteiger partial charge in [-0.1, -0.05) is 0 Å². The van der Waals surface area contributed by atoms with Crippen molar-refractivity contribution < 1.29 is 42.3 Å². The molecule has 0 aliphatic heterocycles. The molecule has 0 bridgehead atoms. The first-order chi connectivity index (χ1) is 3.55. The summed E-state index contributed by atoms with van der Waals surface area (Å²) < 4.78 is 47.1. The molecule has 0 aromatic rings. The molecule has 0 heterocycles. The van der Waals surface area contributed by atoms with Gasteiger partial charge in [0.25, 0.3) is 0 Å². The van der Waals surface area contributed by atoms with Gasteiger partial charge in [-0.15, -0.1) is 4.48 Å². The zero-order valence-electron chi connectivity index (χ0n) is 5.27. The van der Waals surface area contributed by atoms with Crippen LogP contribution in [-0.4, -0.2) is 21.5 Å². The summed E-state index contributed by atoms with van der Waals surface area (Å²) in [6.45, 7) is 0. The van der Waals surface area contributed by atoms with E-state index in [-0.39, 0.29) is 20.3 Å². The van der Waals surface area contributed by atoms with Crippen molar-refractivity contribution in [3.63, 3.8) is 0 Å². The summed E-state index contributed by atoms with van der Waals surface area (Å²) in [5.41, 5.74) is 0. The quantitative estimate of drug-likeness (QED) is 0.239. The number of hydrogen-bond acceptors (Lipinski definition) is 4. The van der Waals surface area contributed by atoms with Crippen molar-refractivity contribution in [2.75, 3.05) is 0 Å². The van der Waals surface area contributed by atoms with Crippen LogP contribution in [0.1, 0.15) is 1.43 Å². The second kappa shape index (κ2) is 5.49. The van der Waals surface area contributed by atoms with Gasteiger partial charge in [0.15, 0.2) is 0 Å². The van der Waals surface area contributed by atoms with Crippen molar-refractivity contribution in [2.24, 2.45) is 0 Å². The van der Waals surface area contributed by atoms with Gasteiger partial charge < -0.3 is 10.5 Å². The molecule has 0 radical (unpaired) electrons. The number of halogens is 1. The smallest absolute Gasteiger partial charge is 1.00 e. The maximum absolute atomic E-state index is 11.3. The first-order valence-corrected chi connectivity index (χ1v) is 3.26. The van der Waals surface area contributed by atoms with Crippen LogP contribution in [0.3, 0.4) is 0 Å². The van der Waals surface area contributed by atoms with E-state index in [1.54, 1.807) is 0 Å². The summed E-state index contributed by atoms with van der Waals surface area (Å²) in [6, 6.07) is 0. The first-order valence-electron chi connectivity index (χ1n) is 1.20. The Morgan fingerprint density at radius 1 is 1.33 bits per heavy atom. The predicted molar refractivity (Wildman–Crippen MR) is 21.9 cm³/mol. The average molecular weight is 169 g/mol. The molecule has 9 heteroatoms. The number of rotatable bonds is 2. The molecule has 0 aromatic heterocycles. The molecule has 0 aliphatic carbocycles. The van der Waals surface area contributed by atoms with Crippen molar-refractivity contribution in [2.45, 2.75) is 0 Å². The molecular weight excluding hydrogens is 168 g/mol. The summed E-state index contributed by atoms with van der Waals surface area (Å²) in [5, 5.41) is 0. The molecule has 52 valence electrons. The monoisotopic (exact) mass is 169 g/mol. The molecule has 2 atom stereocenters. The minimum Gasteiger partial charge on any atom is -1.00 e. The van der Waals surface area contributed by atoms with Gasteiger partial charge in [0.1, 0.15) is 0 Å². The summed E-state index contributed by atoms with van der Waals surface area (Å²) in [7, 11) is 0. The molecule has 0 aliphatic rings. The zero-order chi connectivity index (χ0) is 6.73. The van der Waals surface area contributed by atoms with Crippen molar-refractivity contribution in [1.29, 1.82) is 0 Å². The molecule has 0 fully saturated rings.